The third-order valence-electron chi connectivity index (χ3n) is 8.66. The number of hydrogen-bond acceptors (Lipinski definition) is 8. The second-order valence-corrected chi connectivity index (χ2v) is 13.1. The lowest BCUT2D eigenvalue weighted by Gasteiger charge is -2.36. The summed E-state index contributed by atoms with van der Waals surface area (Å²) in [5.41, 5.74) is 7.51. The third-order valence-corrected chi connectivity index (χ3v) is 9.85. The molecule has 0 spiro atoms. The van der Waals surface area contributed by atoms with E-state index >= 15 is 0 Å². The van der Waals surface area contributed by atoms with Crippen LogP contribution in [0.2, 0.25) is 0 Å². The molecule has 1 saturated heterocycles. The fourth-order valence-electron chi connectivity index (χ4n) is 6.01. The van der Waals surface area contributed by atoms with Crippen LogP contribution in [0.3, 0.4) is 0 Å². The monoisotopic (exact) mass is 683 g/mol. The summed E-state index contributed by atoms with van der Waals surface area (Å²) >= 11 is 1.71. The largest absolute Gasteiger partial charge is 0.496 e. The second kappa shape index (κ2) is 15.7. The van der Waals surface area contributed by atoms with Gasteiger partial charge in [0.15, 0.2) is 6.29 Å². The smallest absolute Gasteiger partial charge is 0.271 e. The van der Waals surface area contributed by atoms with Crippen LogP contribution in [0, 0.1) is 0 Å². The number of nitrogens with one attached hydrogen (secondary N) is 1. The maximum atomic E-state index is 12.9. The van der Waals surface area contributed by atoms with E-state index in [0.29, 0.717) is 18.5 Å². The van der Waals surface area contributed by atoms with Crippen LogP contribution < -0.4 is 10.1 Å². The first-order valence-corrected chi connectivity index (χ1v) is 17.5. The number of hydrogen-bond donors (Lipinski definition) is 2. The SMILES string of the molecule is COc1ccccc1SCC1CC(c2ccc(CO)cc2)OC(c2cccc(-c3cccc(CNC(=O)c4cnc5ccccc5n4)c3)c2)O1. The van der Waals surface area contributed by atoms with Gasteiger partial charge in [0.25, 0.3) is 5.91 Å². The van der Waals surface area contributed by atoms with E-state index in [1.54, 1.807) is 18.9 Å². The van der Waals surface area contributed by atoms with Gasteiger partial charge in [-0.1, -0.05) is 84.9 Å². The number of rotatable bonds is 11. The summed E-state index contributed by atoms with van der Waals surface area (Å²) in [5.74, 6) is 1.29. The lowest BCUT2D eigenvalue weighted by molar-refractivity contribution is -0.245. The summed E-state index contributed by atoms with van der Waals surface area (Å²) in [6, 6.07) is 39.7. The van der Waals surface area contributed by atoms with Crippen LogP contribution in [0.5, 0.6) is 5.75 Å². The van der Waals surface area contributed by atoms with Crippen molar-refractivity contribution in [2.75, 3.05) is 12.9 Å². The first kappa shape index (κ1) is 33.4. The second-order valence-electron chi connectivity index (χ2n) is 12.1. The highest BCUT2D eigenvalue weighted by molar-refractivity contribution is 7.99. The van der Waals surface area contributed by atoms with Crippen LogP contribution in [0.1, 0.15) is 51.6 Å². The van der Waals surface area contributed by atoms with E-state index in [9.17, 15) is 9.90 Å². The van der Waals surface area contributed by atoms with Gasteiger partial charge in [0.1, 0.15) is 11.4 Å². The number of aromatic nitrogens is 2. The Bertz CT molecular complexity index is 2090. The fraction of sp³-hybridized carbons (Fsp3) is 0.195. The van der Waals surface area contributed by atoms with Crippen molar-refractivity contribution in [2.24, 2.45) is 0 Å². The Morgan fingerprint density at radius 2 is 1.60 bits per heavy atom. The number of carbonyl (C=O) groups is 1. The molecule has 1 fully saturated rings. The van der Waals surface area contributed by atoms with Gasteiger partial charge >= 0.3 is 0 Å². The molecule has 8 nitrogen and oxygen atoms in total. The van der Waals surface area contributed by atoms with Crippen molar-refractivity contribution >= 4 is 28.7 Å². The Labute approximate surface area is 295 Å². The van der Waals surface area contributed by atoms with Crippen LogP contribution in [0.15, 0.2) is 132 Å². The van der Waals surface area contributed by atoms with Crippen molar-refractivity contribution in [1.82, 2.24) is 15.3 Å². The Kier molecular flexibility index (Phi) is 10.5. The number of fused-ring (bicyclic) bond motifs is 1. The van der Waals surface area contributed by atoms with Gasteiger partial charge in [-0.3, -0.25) is 9.78 Å². The van der Waals surface area contributed by atoms with E-state index in [4.69, 9.17) is 14.2 Å². The van der Waals surface area contributed by atoms with E-state index in [2.05, 4.69) is 45.6 Å². The Hall–Kier alpha value is -5.06. The zero-order valence-electron chi connectivity index (χ0n) is 27.6. The molecule has 9 heteroatoms. The number of aliphatic hydroxyl groups is 1. The van der Waals surface area contributed by atoms with Crippen molar-refractivity contribution in [2.45, 2.75) is 43.0 Å². The lowest BCUT2D eigenvalue weighted by atomic mass is 9.99. The Balaban J connectivity index is 1.08. The number of methoxy groups -OCH3 is 1. The molecule has 3 atom stereocenters. The van der Waals surface area contributed by atoms with Gasteiger partial charge in [-0.25, -0.2) is 4.98 Å². The van der Waals surface area contributed by atoms with Gasteiger partial charge < -0.3 is 24.6 Å². The topological polar surface area (TPSA) is 103 Å². The number of benzene rings is 5. The minimum Gasteiger partial charge on any atom is -0.496 e. The van der Waals surface area contributed by atoms with E-state index in [0.717, 1.165) is 55.3 Å². The highest BCUT2D eigenvalue weighted by Gasteiger charge is 2.32. The van der Waals surface area contributed by atoms with E-state index < -0.39 is 6.29 Å². The maximum absolute atomic E-state index is 12.9. The van der Waals surface area contributed by atoms with Crippen LogP contribution >= 0.6 is 11.8 Å². The minimum atomic E-state index is -0.583. The summed E-state index contributed by atoms with van der Waals surface area (Å²) < 4.78 is 18.8. The molecule has 2 N–H and O–H groups in total. The summed E-state index contributed by atoms with van der Waals surface area (Å²) in [6.45, 7) is 0.341. The van der Waals surface area contributed by atoms with Crippen molar-refractivity contribution in [3.63, 3.8) is 0 Å². The molecule has 0 radical (unpaired) electrons. The summed E-state index contributed by atoms with van der Waals surface area (Å²) in [4.78, 5) is 22.8. The normalized spacial score (nSPS) is 17.4. The molecule has 1 aliphatic heterocycles. The Morgan fingerprint density at radius 1 is 0.840 bits per heavy atom. The van der Waals surface area contributed by atoms with Crippen molar-refractivity contribution in [1.29, 1.82) is 0 Å². The van der Waals surface area contributed by atoms with Crippen LogP contribution in [0.25, 0.3) is 22.2 Å². The molecule has 1 aromatic heterocycles. The quantitative estimate of drug-likeness (QED) is 0.132. The number of aliphatic hydroxyl groups excluding tert-OH is 1. The predicted octanol–water partition coefficient (Wildman–Crippen LogP) is 8.07. The van der Waals surface area contributed by atoms with Crippen LogP contribution in [-0.2, 0) is 22.6 Å². The van der Waals surface area contributed by atoms with Gasteiger partial charge in [0.05, 0.1) is 43.2 Å². The molecule has 6 aromatic rings. The van der Waals surface area contributed by atoms with Crippen molar-refractivity contribution in [3.05, 3.63) is 155 Å². The number of nitrogens with zero attached hydrogens (tertiary/aromatic N) is 2. The summed E-state index contributed by atoms with van der Waals surface area (Å²) in [5, 5.41) is 12.6. The molecule has 7 rings (SSSR count). The van der Waals surface area contributed by atoms with Gasteiger partial charge in [-0.05, 0) is 64.2 Å². The van der Waals surface area contributed by atoms with Crippen LogP contribution in [-0.4, -0.2) is 39.9 Å². The zero-order valence-corrected chi connectivity index (χ0v) is 28.4. The number of thioether (sulfide) groups is 1. The van der Waals surface area contributed by atoms with E-state index in [1.165, 1.54) is 6.20 Å². The standard InChI is InChI=1S/C41H37N3O5S/c1-47-37-14-4-5-15-39(37)50-26-33-22-38(29-18-16-27(25-45)17-19-29)49-41(48-33)32-11-7-10-31(21-32)30-9-6-8-28(20-30)23-43-40(46)36-24-42-34-12-2-3-13-35(34)44-36/h2-21,24,33,38,41,45H,22-23,25-26H2,1H3,(H,43,46). The van der Waals surface area contributed by atoms with E-state index in [1.807, 2.05) is 91.0 Å². The van der Waals surface area contributed by atoms with Crippen molar-refractivity contribution in [3.8, 4) is 16.9 Å². The van der Waals surface area contributed by atoms with E-state index in [-0.39, 0.29) is 30.4 Å². The molecular weight excluding hydrogens is 647 g/mol. The van der Waals surface area contributed by atoms with Gasteiger partial charge in [0, 0.05) is 29.2 Å². The summed E-state index contributed by atoms with van der Waals surface area (Å²) in [7, 11) is 1.69. The average molecular weight is 684 g/mol. The first-order valence-electron chi connectivity index (χ1n) is 16.5. The molecule has 252 valence electrons. The third kappa shape index (κ3) is 7.87. The zero-order chi connectivity index (χ0) is 34.3. The molecule has 3 unspecified atom stereocenters. The molecule has 5 aromatic carbocycles. The number of amides is 1. The minimum absolute atomic E-state index is 0.00475. The predicted molar refractivity (Wildman–Crippen MR) is 195 cm³/mol. The molecular formula is C41H37N3O5S. The maximum Gasteiger partial charge on any atom is 0.271 e. The molecule has 1 aliphatic rings. The lowest BCUT2D eigenvalue weighted by Crippen LogP contribution is -2.31. The van der Waals surface area contributed by atoms with Gasteiger partial charge in [0.2, 0.25) is 0 Å². The molecule has 0 saturated carbocycles. The number of carbonyl (C=O) groups excluding carboxylic acids is 1. The fourth-order valence-corrected chi connectivity index (χ4v) is 7.06. The average Bonchev–Trinajstić information content (AvgIpc) is 3.19. The number of ether oxygens (including phenoxy) is 3. The molecule has 50 heavy (non-hydrogen) atoms. The summed E-state index contributed by atoms with van der Waals surface area (Å²) in [6.07, 6.45) is 1.34. The molecule has 0 bridgehead atoms. The van der Waals surface area contributed by atoms with Gasteiger partial charge in [-0.2, -0.15) is 0 Å². The van der Waals surface area contributed by atoms with Gasteiger partial charge in [-0.15, -0.1) is 11.8 Å². The molecule has 1 amide bonds. The first-order chi connectivity index (χ1) is 24.6. The molecule has 2 heterocycles. The number of para-hydroxylation sites is 3. The highest BCUT2D eigenvalue weighted by atomic mass is 32.2. The Morgan fingerprint density at radius 3 is 2.42 bits per heavy atom. The van der Waals surface area contributed by atoms with Crippen molar-refractivity contribution < 1.29 is 24.1 Å². The molecule has 0 aliphatic carbocycles. The van der Waals surface area contributed by atoms with Crippen LogP contribution in [0.4, 0.5) is 0 Å². The highest BCUT2D eigenvalue weighted by Crippen LogP contribution is 2.41.